The first-order chi connectivity index (χ1) is 20.7. The molecule has 2 N–H and O–H groups in total. The fourth-order valence-corrected chi connectivity index (χ4v) is 5.90. The number of fused-ring (bicyclic) bond motifs is 1. The van der Waals surface area contributed by atoms with Crippen molar-refractivity contribution >= 4 is 28.7 Å². The number of carboxylic acids is 1. The van der Waals surface area contributed by atoms with Gasteiger partial charge in [-0.2, -0.15) is 5.10 Å². The molecule has 7 nitrogen and oxygen atoms in total. The Labute approximate surface area is 248 Å². The summed E-state index contributed by atoms with van der Waals surface area (Å²) in [5.74, 6) is -2.89. The fourth-order valence-electron chi connectivity index (χ4n) is 5.90. The lowest BCUT2D eigenvalue weighted by atomic mass is 9.98. The number of carboxylic acid groups (broad SMARTS) is 1. The van der Waals surface area contributed by atoms with Crippen LogP contribution in [-0.2, 0) is 11.2 Å². The summed E-state index contributed by atoms with van der Waals surface area (Å²) in [6, 6.07) is 15.8. The normalized spacial score (nSPS) is 17.1. The van der Waals surface area contributed by atoms with Gasteiger partial charge in [-0.1, -0.05) is 30.3 Å². The van der Waals surface area contributed by atoms with Crippen LogP contribution in [-0.4, -0.2) is 46.2 Å². The molecule has 3 heterocycles. The minimum atomic E-state index is -0.851. The van der Waals surface area contributed by atoms with Crippen molar-refractivity contribution in [2.45, 2.75) is 45.4 Å². The molecule has 0 radical (unpaired) electrons. The zero-order valence-electron chi connectivity index (χ0n) is 24.2. The number of hydrogen-bond donors (Lipinski definition) is 2. The minimum Gasteiger partial charge on any atom is -0.481 e. The van der Waals surface area contributed by atoms with Crippen LogP contribution in [0.15, 0.2) is 60.7 Å². The van der Waals surface area contributed by atoms with E-state index >= 15 is 8.78 Å². The first-order valence-electron chi connectivity index (χ1n) is 14.7. The largest absolute Gasteiger partial charge is 0.481 e. The van der Waals surface area contributed by atoms with Gasteiger partial charge in [-0.15, -0.1) is 0 Å². The molecule has 4 aromatic rings. The van der Waals surface area contributed by atoms with Gasteiger partial charge in [-0.05, 0) is 86.6 Å². The van der Waals surface area contributed by atoms with Gasteiger partial charge in [0.25, 0.3) is 5.91 Å². The third-order valence-electron chi connectivity index (χ3n) is 8.63. The Morgan fingerprint density at radius 3 is 2.56 bits per heavy atom. The summed E-state index contributed by atoms with van der Waals surface area (Å²) < 4.78 is 32.8. The van der Waals surface area contributed by atoms with Gasteiger partial charge in [0.15, 0.2) is 5.82 Å². The number of anilines is 1. The van der Waals surface area contributed by atoms with Gasteiger partial charge in [0.2, 0.25) is 0 Å². The number of rotatable bonds is 9. The molecule has 2 fully saturated rings. The molecule has 2 aromatic heterocycles. The molecule has 1 atom stereocenters. The maximum Gasteiger partial charge on any atom is 0.308 e. The number of carbonyl (C=O) groups excluding carboxylic acids is 1. The summed E-state index contributed by atoms with van der Waals surface area (Å²) in [6.07, 6.45) is 4.98. The minimum absolute atomic E-state index is 0.0448. The summed E-state index contributed by atoms with van der Waals surface area (Å²) >= 11 is 0. The van der Waals surface area contributed by atoms with E-state index in [1.165, 1.54) is 16.6 Å². The van der Waals surface area contributed by atoms with Crippen LogP contribution < -0.4 is 10.2 Å². The number of nitrogens with one attached hydrogen (secondary N) is 1. The Kier molecular flexibility index (Phi) is 7.73. The Balaban J connectivity index is 1.25. The number of aromatic nitrogens is 2. The smallest absolute Gasteiger partial charge is 0.308 e. The highest BCUT2D eigenvalue weighted by Gasteiger charge is 2.31. The number of amides is 1. The summed E-state index contributed by atoms with van der Waals surface area (Å²) in [5.41, 5.74) is 5.27. The number of pyridine rings is 1. The van der Waals surface area contributed by atoms with Gasteiger partial charge in [-0.3, -0.25) is 9.59 Å². The van der Waals surface area contributed by atoms with Crippen LogP contribution in [0.5, 0.6) is 0 Å². The van der Waals surface area contributed by atoms with Crippen molar-refractivity contribution in [3.8, 4) is 11.3 Å². The third kappa shape index (κ3) is 5.63. The molecule has 0 unspecified atom stereocenters. The average molecular weight is 585 g/mol. The first kappa shape index (κ1) is 28.6. The first-order valence-corrected chi connectivity index (χ1v) is 14.7. The lowest BCUT2D eigenvalue weighted by Gasteiger charge is -2.18. The molecule has 222 valence electrons. The molecule has 1 aliphatic heterocycles. The van der Waals surface area contributed by atoms with Crippen LogP contribution in [0.3, 0.4) is 0 Å². The maximum atomic E-state index is 15.9. The van der Waals surface area contributed by atoms with Crippen LogP contribution in [0.1, 0.15) is 66.2 Å². The topological polar surface area (TPSA) is 86.9 Å². The van der Waals surface area contributed by atoms with Gasteiger partial charge in [0, 0.05) is 42.5 Å². The number of hydrogen-bond acceptors (Lipinski definition) is 4. The van der Waals surface area contributed by atoms with Crippen molar-refractivity contribution in [3.05, 3.63) is 94.7 Å². The van der Waals surface area contributed by atoms with E-state index in [0.29, 0.717) is 38.2 Å². The summed E-state index contributed by atoms with van der Waals surface area (Å²) in [5, 5.41) is 16.8. The fraction of sp³-hybridized carbons (Fsp3) is 0.324. The third-order valence-corrected chi connectivity index (χ3v) is 8.63. The zero-order chi connectivity index (χ0) is 30.2. The van der Waals surface area contributed by atoms with E-state index in [-0.39, 0.29) is 28.3 Å². The van der Waals surface area contributed by atoms with Crippen molar-refractivity contribution in [3.63, 3.8) is 0 Å². The molecule has 6 rings (SSSR count). The Hall–Kier alpha value is -4.53. The van der Waals surface area contributed by atoms with Gasteiger partial charge in [0.05, 0.1) is 17.2 Å². The van der Waals surface area contributed by atoms with E-state index in [0.717, 1.165) is 35.2 Å². The Bertz CT molecular complexity index is 1760. The van der Waals surface area contributed by atoms with Crippen molar-refractivity contribution in [1.82, 2.24) is 14.9 Å². The van der Waals surface area contributed by atoms with Gasteiger partial charge in [0.1, 0.15) is 11.3 Å². The molecule has 1 amide bonds. The number of aliphatic carboxylic acids is 1. The highest BCUT2D eigenvalue weighted by Crippen LogP contribution is 2.41. The number of nitrogens with zero attached hydrogens (tertiary/aromatic N) is 3. The number of allylic oxidation sites excluding steroid dienone is 2. The van der Waals surface area contributed by atoms with E-state index in [1.807, 2.05) is 43.0 Å². The van der Waals surface area contributed by atoms with E-state index in [4.69, 9.17) is 0 Å². The van der Waals surface area contributed by atoms with Crippen LogP contribution in [0, 0.1) is 17.6 Å². The van der Waals surface area contributed by atoms with E-state index in [9.17, 15) is 14.7 Å². The van der Waals surface area contributed by atoms with Crippen molar-refractivity contribution in [2.24, 2.45) is 5.92 Å². The lowest BCUT2D eigenvalue weighted by Crippen LogP contribution is -2.27. The quantitative estimate of drug-likeness (QED) is 0.236. The lowest BCUT2D eigenvalue weighted by molar-refractivity contribution is -0.140. The molecule has 1 saturated heterocycles. The molecule has 0 spiro atoms. The van der Waals surface area contributed by atoms with E-state index < -0.39 is 29.4 Å². The van der Waals surface area contributed by atoms with Gasteiger partial charge >= 0.3 is 5.97 Å². The molecular weight excluding hydrogens is 550 g/mol. The van der Waals surface area contributed by atoms with Gasteiger partial charge in [-0.25, -0.2) is 13.3 Å². The second kappa shape index (κ2) is 11.6. The van der Waals surface area contributed by atoms with Crippen LogP contribution in [0.25, 0.3) is 22.3 Å². The molecule has 1 aliphatic carbocycles. The van der Waals surface area contributed by atoms with Gasteiger partial charge < -0.3 is 15.3 Å². The second-order valence-electron chi connectivity index (χ2n) is 11.5. The van der Waals surface area contributed by atoms with E-state index in [1.54, 1.807) is 18.2 Å². The molecule has 43 heavy (non-hydrogen) atoms. The summed E-state index contributed by atoms with van der Waals surface area (Å²) in [7, 11) is 0. The Morgan fingerprint density at radius 1 is 1.07 bits per heavy atom. The molecular formula is C34H34F2N4O3. The predicted octanol–water partition coefficient (Wildman–Crippen LogP) is 6.46. The number of halogens is 2. The van der Waals surface area contributed by atoms with Crippen LogP contribution >= 0.6 is 0 Å². The zero-order valence-corrected chi connectivity index (χ0v) is 24.2. The molecule has 2 aliphatic rings. The molecule has 0 bridgehead atoms. The predicted molar refractivity (Wildman–Crippen MR) is 162 cm³/mol. The highest BCUT2D eigenvalue weighted by molar-refractivity contribution is 5.96. The second-order valence-corrected chi connectivity index (χ2v) is 11.5. The average Bonchev–Trinajstić information content (AvgIpc) is 3.54. The standard InChI is InChI=1S/C34H34F2N4O3/c1-3-20(2)25-7-5-4-6-21(25)12-14-37-33(41)27-17-30(22-8-9-22)40-31(32(27)36)18-29(38-40)26-11-10-24(16-28(26)35)39-15-13-23(19-39)34(42)43/h3-7,10-11,16-18,22-23H,8-9,12-15,19H2,1-2H3,(H,37,41)(H,42,43)/b20-3-/t23-/m0/s1. The Morgan fingerprint density at radius 2 is 1.86 bits per heavy atom. The molecule has 2 aromatic carbocycles. The van der Waals surface area contributed by atoms with Crippen molar-refractivity contribution in [1.29, 1.82) is 0 Å². The number of benzene rings is 2. The van der Waals surface area contributed by atoms with Crippen molar-refractivity contribution < 1.29 is 23.5 Å². The highest BCUT2D eigenvalue weighted by atomic mass is 19.1. The molecule has 1 saturated carbocycles. The SMILES string of the molecule is C/C=C(/C)c1ccccc1CCNC(=O)c1cc(C2CC2)n2nc(-c3ccc(N4CC[C@H](C(=O)O)C4)cc3F)cc2c1F. The van der Waals surface area contributed by atoms with Crippen molar-refractivity contribution in [2.75, 3.05) is 24.5 Å². The monoisotopic (exact) mass is 584 g/mol. The van der Waals surface area contributed by atoms with E-state index in [2.05, 4.69) is 16.5 Å². The summed E-state index contributed by atoms with van der Waals surface area (Å²) in [6.45, 7) is 5.24. The molecule has 9 heteroatoms. The van der Waals surface area contributed by atoms with Crippen LogP contribution in [0.4, 0.5) is 14.5 Å². The van der Waals surface area contributed by atoms with Crippen LogP contribution in [0.2, 0.25) is 0 Å². The maximum absolute atomic E-state index is 15.9. The number of carbonyl (C=O) groups is 2. The summed E-state index contributed by atoms with van der Waals surface area (Å²) in [4.78, 5) is 26.4.